The van der Waals surface area contributed by atoms with Gasteiger partial charge in [-0.05, 0) is 39.7 Å². The van der Waals surface area contributed by atoms with Gasteiger partial charge >= 0.3 is 0 Å². The number of carbonyl (C=O) groups excluding carboxylic acids is 1. The Morgan fingerprint density at radius 2 is 1.93 bits per heavy atom. The molecule has 1 aliphatic rings. The predicted molar refractivity (Wildman–Crippen MR) is 115 cm³/mol. The van der Waals surface area contributed by atoms with Crippen molar-refractivity contribution in [3.63, 3.8) is 0 Å². The van der Waals surface area contributed by atoms with E-state index < -0.39 is 0 Å². The largest absolute Gasteiger partial charge is 0.497 e. The summed E-state index contributed by atoms with van der Waals surface area (Å²) in [4.78, 5) is 15.0. The monoisotopic (exact) mass is 456 g/mol. The molecule has 142 valence electrons. The van der Waals surface area contributed by atoms with E-state index in [1.807, 2.05) is 48.5 Å². The van der Waals surface area contributed by atoms with Crippen LogP contribution < -0.4 is 15.4 Å². The van der Waals surface area contributed by atoms with Gasteiger partial charge in [-0.25, -0.2) is 0 Å². The summed E-state index contributed by atoms with van der Waals surface area (Å²) in [5.41, 5.74) is 9.35. The van der Waals surface area contributed by atoms with Crippen LogP contribution in [0.2, 0.25) is 0 Å². The van der Waals surface area contributed by atoms with Crippen LogP contribution in [0.4, 0.5) is 10.8 Å². The highest BCUT2D eigenvalue weighted by Gasteiger charge is 2.28. The zero-order valence-electron chi connectivity index (χ0n) is 15.1. The fourth-order valence-corrected chi connectivity index (χ4v) is 4.58. The van der Waals surface area contributed by atoms with Gasteiger partial charge in [0.2, 0.25) is 11.0 Å². The second kappa shape index (κ2) is 7.73. The molecule has 0 saturated heterocycles. The highest BCUT2D eigenvalue weighted by molar-refractivity contribution is 9.15. The van der Waals surface area contributed by atoms with Crippen LogP contribution in [0.3, 0.4) is 0 Å². The Morgan fingerprint density at radius 1 is 1.18 bits per heavy atom. The van der Waals surface area contributed by atoms with E-state index in [9.17, 15) is 4.79 Å². The molecule has 6 nitrogen and oxygen atoms in total. The van der Waals surface area contributed by atoms with Crippen molar-refractivity contribution in [1.82, 2.24) is 10.2 Å². The number of nitrogens with two attached hydrogens (primary N) is 1. The van der Waals surface area contributed by atoms with Crippen molar-refractivity contribution in [3.05, 3.63) is 64.7 Å². The van der Waals surface area contributed by atoms with Crippen molar-refractivity contribution >= 4 is 54.0 Å². The van der Waals surface area contributed by atoms with Crippen LogP contribution in [0.5, 0.6) is 5.75 Å². The lowest BCUT2D eigenvalue weighted by Crippen LogP contribution is -2.30. The first-order chi connectivity index (χ1) is 13.6. The van der Waals surface area contributed by atoms with Crippen molar-refractivity contribution < 1.29 is 9.53 Å². The molecule has 3 aromatic rings. The molecule has 8 heteroatoms. The van der Waals surface area contributed by atoms with Crippen LogP contribution in [0.1, 0.15) is 22.6 Å². The molecular weight excluding hydrogens is 440 g/mol. The summed E-state index contributed by atoms with van der Waals surface area (Å²) >= 11 is 4.97. The fourth-order valence-electron chi connectivity index (χ4n) is 3.13. The van der Waals surface area contributed by atoms with Gasteiger partial charge in [0, 0.05) is 15.6 Å². The molecule has 0 fully saturated rings. The molecule has 2 heterocycles. The Labute approximate surface area is 174 Å². The Hall–Kier alpha value is -2.71. The van der Waals surface area contributed by atoms with Crippen molar-refractivity contribution in [2.75, 3.05) is 17.7 Å². The molecule has 28 heavy (non-hydrogen) atoms. The zero-order chi connectivity index (χ0) is 19.7. The molecule has 0 saturated carbocycles. The maximum Gasteiger partial charge on any atom is 0.231 e. The number of nitrogens with zero attached hydrogens (tertiary/aromatic N) is 3. The van der Waals surface area contributed by atoms with E-state index in [2.05, 4.69) is 26.1 Å². The number of nitrogen functional groups attached to an aromatic ring is 1. The molecule has 4 rings (SSSR count). The molecule has 1 aliphatic heterocycles. The highest BCUT2D eigenvalue weighted by atomic mass is 79.9. The van der Waals surface area contributed by atoms with E-state index in [0.29, 0.717) is 16.7 Å². The molecule has 0 unspecified atom stereocenters. The van der Waals surface area contributed by atoms with E-state index in [1.54, 1.807) is 12.0 Å². The normalized spacial score (nSPS) is 14.1. The molecule has 0 spiro atoms. The lowest BCUT2D eigenvalue weighted by atomic mass is 10.1. The number of hydrogen-bond acceptors (Lipinski definition) is 6. The van der Waals surface area contributed by atoms with E-state index >= 15 is 0 Å². The zero-order valence-corrected chi connectivity index (χ0v) is 17.5. The van der Waals surface area contributed by atoms with Gasteiger partial charge in [-0.1, -0.05) is 41.7 Å². The molecule has 1 aromatic heterocycles. The number of fused-ring (bicyclic) bond motifs is 1. The minimum atomic E-state index is -0.0125. The first kappa shape index (κ1) is 18.6. The number of anilines is 2. The number of halogens is 1. The molecule has 2 N–H and O–H groups in total. The molecule has 0 radical (unpaired) electrons. The number of amides is 1. The molecule has 2 aromatic carbocycles. The first-order valence-electron chi connectivity index (χ1n) is 8.57. The summed E-state index contributed by atoms with van der Waals surface area (Å²) in [6, 6.07) is 15.6. The van der Waals surface area contributed by atoms with Crippen LogP contribution in [0.25, 0.3) is 10.1 Å². The predicted octanol–water partition coefficient (Wildman–Crippen LogP) is 4.33. The number of hydrogen-bond donors (Lipinski definition) is 1. The summed E-state index contributed by atoms with van der Waals surface area (Å²) in [5.74, 6) is 0.772. The average molecular weight is 457 g/mol. The second-order valence-electron chi connectivity index (χ2n) is 6.26. The lowest BCUT2D eigenvalue weighted by molar-refractivity contribution is -0.117. The summed E-state index contributed by atoms with van der Waals surface area (Å²) in [5, 5.41) is 9.06. The molecule has 1 amide bonds. The molecule has 0 bridgehead atoms. The van der Waals surface area contributed by atoms with Gasteiger partial charge < -0.3 is 15.4 Å². The summed E-state index contributed by atoms with van der Waals surface area (Å²) in [7, 11) is 1.63. The van der Waals surface area contributed by atoms with E-state index in [4.69, 9.17) is 10.5 Å². The Balaban J connectivity index is 1.75. The van der Waals surface area contributed by atoms with Gasteiger partial charge in [-0.2, -0.15) is 0 Å². The third-order valence-electron chi connectivity index (χ3n) is 4.52. The van der Waals surface area contributed by atoms with E-state index in [0.717, 1.165) is 32.6 Å². The first-order valence-corrected chi connectivity index (χ1v) is 10.2. The lowest BCUT2D eigenvalue weighted by Gasteiger charge is -2.23. The minimum Gasteiger partial charge on any atom is -0.497 e. The number of rotatable bonds is 4. The number of carbonyl (C=O) groups is 1. The van der Waals surface area contributed by atoms with Crippen LogP contribution in [0, 0.1) is 0 Å². The maximum absolute atomic E-state index is 13.2. The summed E-state index contributed by atoms with van der Waals surface area (Å²) < 4.78 is 6.06. The van der Waals surface area contributed by atoms with Crippen LogP contribution >= 0.6 is 27.3 Å². The average Bonchev–Trinajstić information content (AvgIpc) is 3.12. The Morgan fingerprint density at radius 3 is 2.61 bits per heavy atom. The van der Waals surface area contributed by atoms with Crippen LogP contribution in [-0.4, -0.2) is 23.2 Å². The highest BCUT2D eigenvalue weighted by Crippen LogP contribution is 2.42. The number of aromatic nitrogens is 2. The van der Waals surface area contributed by atoms with Gasteiger partial charge in [-0.3, -0.25) is 4.79 Å². The van der Waals surface area contributed by atoms with Gasteiger partial charge in [-0.15, -0.1) is 10.2 Å². The number of ether oxygens (including phenoxy) is 1. The minimum absolute atomic E-state index is 0.0125. The van der Waals surface area contributed by atoms with Gasteiger partial charge in [0.1, 0.15) is 10.8 Å². The topological polar surface area (TPSA) is 81.3 Å². The molecular formula is C20H17BrN4O2S. The number of benzene rings is 2. The fraction of sp³-hybridized carbons (Fsp3) is 0.150. The van der Waals surface area contributed by atoms with E-state index in [-0.39, 0.29) is 12.3 Å². The van der Waals surface area contributed by atoms with Crippen LogP contribution in [0.15, 0.2) is 48.5 Å². The van der Waals surface area contributed by atoms with Crippen molar-refractivity contribution in [3.8, 4) is 5.75 Å². The second-order valence-corrected chi connectivity index (χ2v) is 8.06. The van der Waals surface area contributed by atoms with Crippen molar-refractivity contribution in [2.45, 2.75) is 13.0 Å². The van der Waals surface area contributed by atoms with Gasteiger partial charge in [0.15, 0.2) is 0 Å². The quantitative estimate of drug-likeness (QED) is 0.631. The third-order valence-corrected chi connectivity index (χ3v) is 6.24. The standard InChI is InChI=1S/C20H17BrN4O2S/c1-27-13-8-6-12(7-9-13)11-25-16-5-3-2-4-14(16)18(21)15(10-17(25)26)19-23-24-20(22)28-19/h2-9H,10-11H2,1H3,(H2,22,24). The maximum atomic E-state index is 13.2. The summed E-state index contributed by atoms with van der Waals surface area (Å²) in [6.07, 6.45) is 0.208. The molecule has 0 aliphatic carbocycles. The number of methoxy groups -OCH3 is 1. The Bertz CT molecular complexity index is 1060. The van der Waals surface area contributed by atoms with Gasteiger partial charge in [0.05, 0.1) is 25.8 Å². The van der Waals surface area contributed by atoms with E-state index in [1.165, 1.54) is 11.3 Å². The third kappa shape index (κ3) is 3.53. The van der Waals surface area contributed by atoms with Crippen molar-refractivity contribution in [2.24, 2.45) is 0 Å². The smallest absolute Gasteiger partial charge is 0.231 e. The number of para-hydroxylation sites is 1. The van der Waals surface area contributed by atoms with Gasteiger partial charge in [0.25, 0.3) is 0 Å². The SMILES string of the molecule is COc1ccc(CN2C(=O)CC(c3nnc(N)s3)=C(Br)c3ccccc32)cc1. The Kier molecular flexibility index (Phi) is 5.15. The van der Waals surface area contributed by atoms with Crippen molar-refractivity contribution in [1.29, 1.82) is 0 Å². The molecule has 0 atom stereocenters. The van der Waals surface area contributed by atoms with Crippen LogP contribution in [-0.2, 0) is 11.3 Å². The summed E-state index contributed by atoms with van der Waals surface area (Å²) in [6.45, 7) is 0.464.